The quantitative estimate of drug-likeness (QED) is 0.522. The first-order valence-electron chi connectivity index (χ1n) is 8.72. The van der Waals surface area contributed by atoms with Crippen molar-refractivity contribution in [2.24, 2.45) is 0 Å². The van der Waals surface area contributed by atoms with Crippen LogP contribution in [0.2, 0.25) is 0 Å². The van der Waals surface area contributed by atoms with Crippen LogP contribution in [0.1, 0.15) is 51.4 Å². The van der Waals surface area contributed by atoms with Gasteiger partial charge in [0, 0.05) is 21.3 Å². The number of thiophene rings is 1. The summed E-state index contributed by atoms with van der Waals surface area (Å²) in [7, 11) is 0. The monoisotopic (exact) mass is 366 g/mol. The maximum absolute atomic E-state index is 5.10. The van der Waals surface area contributed by atoms with E-state index in [2.05, 4.69) is 44.8 Å². The zero-order valence-corrected chi connectivity index (χ0v) is 16.8. The van der Waals surface area contributed by atoms with E-state index < -0.39 is 0 Å². The lowest BCUT2D eigenvalue weighted by atomic mass is 9.97. The summed E-state index contributed by atoms with van der Waals surface area (Å²) in [4.78, 5) is 12.4. The molecule has 0 unspecified atom stereocenters. The van der Waals surface area contributed by atoms with Crippen LogP contribution in [0.5, 0.6) is 0 Å². The minimum absolute atomic E-state index is 1.02. The van der Waals surface area contributed by atoms with Crippen molar-refractivity contribution in [1.82, 2.24) is 9.97 Å². The molecule has 0 N–H and O–H groups in total. The number of nitrogens with zero attached hydrogens (tertiary/aromatic N) is 2. The standard InChI is InChI=1S/C21H22N2S2/c1-12-10-13(2)20(21-22-8-9-24-21)23-19(12)17-7-5-6-16(17)18-11-14(3)25-15(18)4/h8-11H,5-7H2,1-4H3. The smallest absolute Gasteiger partial charge is 0.142 e. The van der Waals surface area contributed by atoms with Gasteiger partial charge in [0.15, 0.2) is 0 Å². The van der Waals surface area contributed by atoms with Crippen LogP contribution in [-0.4, -0.2) is 9.97 Å². The second kappa shape index (κ2) is 6.50. The molecule has 0 atom stereocenters. The molecular weight excluding hydrogens is 344 g/mol. The van der Waals surface area contributed by atoms with Crippen LogP contribution in [0.4, 0.5) is 0 Å². The van der Waals surface area contributed by atoms with E-state index in [1.807, 2.05) is 22.9 Å². The highest BCUT2D eigenvalue weighted by molar-refractivity contribution is 7.13. The van der Waals surface area contributed by atoms with Crippen molar-refractivity contribution in [3.8, 4) is 10.7 Å². The average molecular weight is 367 g/mol. The number of rotatable bonds is 3. The fourth-order valence-electron chi connectivity index (χ4n) is 3.84. The topological polar surface area (TPSA) is 25.8 Å². The zero-order chi connectivity index (χ0) is 17.6. The molecule has 3 heterocycles. The van der Waals surface area contributed by atoms with Crippen LogP contribution in [0, 0.1) is 27.7 Å². The molecule has 4 heteroatoms. The van der Waals surface area contributed by atoms with Crippen molar-refractivity contribution in [3.05, 3.63) is 55.8 Å². The number of allylic oxidation sites excluding steroid dienone is 2. The summed E-state index contributed by atoms with van der Waals surface area (Å²) in [5, 5.41) is 3.04. The van der Waals surface area contributed by atoms with Crippen molar-refractivity contribution >= 4 is 33.8 Å². The lowest BCUT2D eigenvalue weighted by Gasteiger charge is -2.13. The third-order valence-electron chi connectivity index (χ3n) is 4.91. The molecule has 0 radical (unpaired) electrons. The highest BCUT2D eigenvalue weighted by Gasteiger charge is 2.23. The summed E-state index contributed by atoms with van der Waals surface area (Å²) in [5.41, 5.74) is 9.07. The predicted octanol–water partition coefficient (Wildman–Crippen LogP) is 6.59. The fraction of sp³-hybridized carbons (Fsp3) is 0.333. The Kier molecular flexibility index (Phi) is 4.34. The zero-order valence-electron chi connectivity index (χ0n) is 15.1. The molecular formula is C21H22N2S2. The van der Waals surface area contributed by atoms with Gasteiger partial charge in [0.2, 0.25) is 0 Å². The van der Waals surface area contributed by atoms with Crippen molar-refractivity contribution in [2.45, 2.75) is 47.0 Å². The van der Waals surface area contributed by atoms with Crippen LogP contribution >= 0.6 is 22.7 Å². The van der Waals surface area contributed by atoms with E-state index in [1.165, 1.54) is 49.7 Å². The number of hydrogen-bond acceptors (Lipinski definition) is 4. The van der Waals surface area contributed by atoms with Gasteiger partial charge < -0.3 is 0 Å². The summed E-state index contributed by atoms with van der Waals surface area (Å²) in [6, 6.07) is 4.62. The number of aryl methyl sites for hydroxylation is 4. The minimum Gasteiger partial charge on any atom is -0.245 e. The molecule has 0 fully saturated rings. The van der Waals surface area contributed by atoms with Gasteiger partial charge >= 0.3 is 0 Å². The summed E-state index contributed by atoms with van der Waals surface area (Å²) in [5.74, 6) is 0. The minimum atomic E-state index is 1.02. The molecule has 0 spiro atoms. The van der Waals surface area contributed by atoms with Gasteiger partial charge in [-0.15, -0.1) is 22.7 Å². The Morgan fingerprint density at radius 2 is 1.68 bits per heavy atom. The maximum Gasteiger partial charge on any atom is 0.142 e. The van der Waals surface area contributed by atoms with Gasteiger partial charge in [-0.2, -0.15) is 0 Å². The summed E-state index contributed by atoms with van der Waals surface area (Å²) in [6.07, 6.45) is 5.37. The van der Waals surface area contributed by atoms with E-state index in [4.69, 9.17) is 4.98 Å². The van der Waals surface area contributed by atoms with Crippen LogP contribution in [0.15, 0.2) is 23.7 Å². The molecule has 25 heavy (non-hydrogen) atoms. The predicted molar refractivity (Wildman–Crippen MR) is 109 cm³/mol. The maximum atomic E-state index is 5.10. The Balaban J connectivity index is 1.90. The second-order valence-electron chi connectivity index (χ2n) is 6.79. The molecule has 0 bridgehead atoms. The normalized spacial score (nSPS) is 14.6. The lowest BCUT2D eigenvalue weighted by Crippen LogP contribution is -1.99. The average Bonchev–Trinajstić information content (AvgIpc) is 3.28. The van der Waals surface area contributed by atoms with E-state index in [0.29, 0.717) is 0 Å². The Bertz CT molecular complexity index is 962. The van der Waals surface area contributed by atoms with Crippen molar-refractivity contribution in [3.63, 3.8) is 0 Å². The molecule has 0 saturated heterocycles. The SMILES string of the molecule is Cc1cc(C2=C(c3nc(-c4nccs4)c(C)cc3C)CCC2)c(C)s1. The number of pyridine rings is 1. The molecule has 0 aromatic carbocycles. The van der Waals surface area contributed by atoms with Gasteiger partial charge in [-0.3, -0.25) is 0 Å². The van der Waals surface area contributed by atoms with E-state index >= 15 is 0 Å². The summed E-state index contributed by atoms with van der Waals surface area (Å²) < 4.78 is 0. The third-order valence-corrected chi connectivity index (χ3v) is 6.65. The third kappa shape index (κ3) is 2.98. The molecule has 3 aromatic heterocycles. The first-order chi connectivity index (χ1) is 12.0. The first-order valence-corrected chi connectivity index (χ1v) is 10.4. The van der Waals surface area contributed by atoms with Gasteiger partial charge in [0.1, 0.15) is 10.7 Å². The van der Waals surface area contributed by atoms with Crippen LogP contribution in [0.25, 0.3) is 21.8 Å². The first kappa shape index (κ1) is 16.7. The van der Waals surface area contributed by atoms with Gasteiger partial charge in [-0.25, -0.2) is 9.97 Å². The van der Waals surface area contributed by atoms with Crippen LogP contribution in [0.3, 0.4) is 0 Å². The van der Waals surface area contributed by atoms with Crippen LogP contribution < -0.4 is 0 Å². The molecule has 4 rings (SSSR count). The van der Waals surface area contributed by atoms with Gasteiger partial charge in [-0.1, -0.05) is 6.07 Å². The van der Waals surface area contributed by atoms with Crippen molar-refractivity contribution in [1.29, 1.82) is 0 Å². The Hall–Kier alpha value is -1.78. The van der Waals surface area contributed by atoms with E-state index in [-0.39, 0.29) is 0 Å². The Morgan fingerprint density at radius 1 is 0.920 bits per heavy atom. The van der Waals surface area contributed by atoms with E-state index in [0.717, 1.165) is 23.5 Å². The van der Waals surface area contributed by atoms with E-state index in [1.54, 1.807) is 11.3 Å². The molecule has 3 aromatic rings. The molecule has 2 nitrogen and oxygen atoms in total. The number of hydrogen-bond donors (Lipinski definition) is 0. The molecule has 1 aliphatic rings. The molecule has 128 valence electrons. The van der Waals surface area contributed by atoms with Crippen molar-refractivity contribution in [2.75, 3.05) is 0 Å². The highest BCUT2D eigenvalue weighted by Crippen LogP contribution is 2.43. The number of thiazole rings is 1. The van der Waals surface area contributed by atoms with Crippen molar-refractivity contribution < 1.29 is 0 Å². The van der Waals surface area contributed by atoms with Gasteiger partial charge in [-0.05, 0) is 80.9 Å². The Morgan fingerprint density at radius 3 is 2.36 bits per heavy atom. The number of aromatic nitrogens is 2. The largest absolute Gasteiger partial charge is 0.245 e. The molecule has 0 saturated carbocycles. The lowest BCUT2D eigenvalue weighted by molar-refractivity contribution is 0.937. The summed E-state index contributed by atoms with van der Waals surface area (Å²) in [6.45, 7) is 8.77. The van der Waals surface area contributed by atoms with E-state index in [9.17, 15) is 0 Å². The summed E-state index contributed by atoms with van der Waals surface area (Å²) >= 11 is 3.56. The van der Waals surface area contributed by atoms with Gasteiger partial charge in [0.05, 0.1) is 5.69 Å². The molecule has 0 aliphatic heterocycles. The Labute approximate surface area is 157 Å². The second-order valence-corrected chi connectivity index (χ2v) is 9.15. The molecule has 1 aliphatic carbocycles. The highest BCUT2D eigenvalue weighted by atomic mass is 32.1. The van der Waals surface area contributed by atoms with Crippen LogP contribution in [-0.2, 0) is 0 Å². The fourth-order valence-corrected chi connectivity index (χ4v) is 5.49. The van der Waals surface area contributed by atoms with Gasteiger partial charge in [0.25, 0.3) is 0 Å². The molecule has 0 amide bonds.